The smallest absolute Gasteiger partial charge is 0.161 e. The van der Waals surface area contributed by atoms with Crippen LogP contribution in [0, 0.1) is 5.41 Å². The first-order valence-corrected chi connectivity index (χ1v) is 8.63. The molecule has 2 rings (SSSR count). The number of nitrogens with zero attached hydrogens (tertiary/aromatic N) is 1. The lowest BCUT2D eigenvalue weighted by molar-refractivity contribution is 0.318. The molecule has 2 nitrogen and oxygen atoms in total. The van der Waals surface area contributed by atoms with Gasteiger partial charge in [0.15, 0.2) is 5.17 Å². The molecule has 104 valence electrons. The number of hydrogen-bond acceptors (Lipinski definition) is 3. The number of rotatable bonds is 3. The van der Waals surface area contributed by atoms with Gasteiger partial charge in [0.2, 0.25) is 0 Å². The molecule has 5 heteroatoms. The highest BCUT2D eigenvalue weighted by molar-refractivity contribution is 9.10. The zero-order valence-corrected chi connectivity index (χ0v) is 14.3. The summed E-state index contributed by atoms with van der Waals surface area (Å²) in [6.07, 6.45) is 2.39. The summed E-state index contributed by atoms with van der Waals surface area (Å²) in [5.41, 5.74) is 1.40. The van der Waals surface area contributed by atoms with Gasteiger partial charge in [0.1, 0.15) is 0 Å². The van der Waals surface area contributed by atoms with Crippen molar-refractivity contribution in [2.45, 2.75) is 26.7 Å². The second-order valence-electron chi connectivity index (χ2n) is 4.87. The summed E-state index contributed by atoms with van der Waals surface area (Å²) >= 11 is 11.2. The molecule has 0 bridgehead atoms. The average molecular weight is 362 g/mol. The van der Waals surface area contributed by atoms with E-state index in [0.717, 1.165) is 32.6 Å². The molecule has 1 heterocycles. The Bertz CT molecular complexity index is 486. The van der Waals surface area contributed by atoms with Gasteiger partial charge in [-0.25, -0.2) is 0 Å². The molecule has 19 heavy (non-hydrogen) atoms. The Kier molecular flexibility index (Phi) is 5.21. The number of hydrogen-bond donors (Lipinski definition) is 1. The van der Waals surface area contributed by atoms with E-state index in [1.165, 1.54) is 12.8 Å². The minimum Gasteiger partial charge on any atom is -0.335 e. The summed E-state index contributed by atoms with van der Waals surface area (Å²) in [6.45, 7) is 5.44. The summed E-state index contributed by atoms with van der Waals surface area (Å²) < 4.78 is 0.900. The summed E-state index contributed by atoms with van der Waals surface area (Å²) in [6, 6.07) is 5.83. The molecule has 0 fully saturated rings. The Hall–Kier alpha value is -0.190. The molecule has 0 aromatic heterocycles. The zero-order chi connectivity index (χ0) is 13.9. The van der Waals surface area contributed by atoms with Crippen LogP contribution in [0.4, 0.5) is 5.69 Å². The molecule has 0 amide bonds. The molecule has 0 radical (unpaired) electrons. The van der Waals surface area contributed by atoms with E-state index in [-0.39, 0.29) is 0 Å². The van der Waals surface area contributed by atoms with E-state index >= 15 is 0 Å². The number of aliphatic imine (C=N–C) groups is 1. The molecule has 0 unspecified atom stereocenters. The molecule has 1 aliphatic heterocycles. The van der Waals surface area contributed by atoms with Crippen LogP contribution in [-0.2, 0) is 0 Å². The fraction of sp³-hybridized carbons (Fsp3) is 0.500. The highest BCUT2D eigenvalue weighted by atomic mass is 79.9. The Morgan fingerprint density at radius 2 is 2.16 bits per heavy atom. The molecule has 0 spiro atoms. The van der Waals surface area contributed by atoms with Crippen LogP contribution in [0.15, 0.2) is 27.7 Å². The van der Waals surface area contributed by atoms with E-state index in [4.69, 9.17) is 16.6 Å². The average Bonchev–Trinajstić information content (AvgIpc) is 2.44. The number of halogens is 2. The quantitative estimate of drug-likeness (QED) is 0.777. The topological polar surface area (TPSA) is 24.4 Å². The fourth-order valence-electron chi connectivity index (χ4n) is 2.00. The first-order valence-electron chi connectivity index (χ1n) is 6.48. The minimum atomic E-state index is 0.385. The number of anilines is 1. The van der Waals surface area contributed by atoms with E-state index < -0.39 is 0 Å². The van der Waals surface area contributed by atoms with Gasteiger partial charge in [-0.1, -0.05) is 37.2 Å². The third-order valence-electron chi connectivity index (χ3n) is 3.74. The largest absolute Gasteiger partial charge is 0.335 e. The highest BCUT2D eigenvalue weighted by Gasteiger charge is 2.30. The SMILES string of the molecule is CCC1(CC)CN=C(Nc2ccc(Cl)c(Br)c2)SC1. The van der Waals surface area contributed by atoms with Gasteiger partial charge in [0.05, 0.1) is 5.02 Å². The first-order chi connectivity index (χ1) is 9.08. The molecule has 0 aliphatic carbocycles. The maximum atomic E-state index is 5.99. The molecule has 0 saturated heterocycles. The van der Waals surface area contributed by atoms with Gasteiger partial charge in [-0.3, -0.25) is 4.99 Å². The summed E-state index contributed by atoms with van der Waals surface area (Å²) in [4.78, 5) is 4.69. The van der Waals surface area contributed by atoms with Crippen molar-refractivity contribution in [3.63, 3.8) is 0 Å². The predicted octanol–water partition coefficient (Wildman–Crippen LogP) is 5.42. The second kappa shape index (κ2) is 6.51. The van der Waals surface area contributed by atoms with Crippen molar-refractivity contribution in [3.8, 4) is 0 Å². The standard InChI is InChI=1S/C14H18BrClN2S/c1-3-14(4-2)8-17-13(19-9-14)18-10-5-6-12(16)11(15)7-10/h5-7H,3-4,8-9H2,1-2H3,(H,17,18). The van der Waals surface area contributed by atoms with Crippen LogP contribution < -0.4 is 5.32 Å². The second-order valence-corrected chi connectivity index (χ2v) is 7.10. The molecule has 0 atom stereocenters. The van der Waals surface area contributed by atoms with Crippen LogP contribution in [0.2, 0.25) is 5.02 Å². The lowest BCUT2D eigenvalue weighted by Crippen LogP contribution is -2.32. The van der Waals surface area contributed by atoms with Crippen molar-refractivity contribution in [2.24, 2.45) is 10.4 Å². The molecular formula is C14H18BrClN2S. The normalized spacial score (nSPS) is 18.0. The van der Waals surface area contributed by atoms with Crippen molar-refractivity contribution in [1.29, 1.82) is 0 Å². The van der Waals surface area contributed by atoms with Crippen molar-refractivity contribution in [1.82, 2.24) is 0 Å². The number of nitrogens with one attached hydrogen (secondary N) is 1. The van der Waals surface area contributed by atoms with Crippen LogP contribution in [0.25, 0.3) is 0 Å². The van der Waals surface area contributed by atoms with Gasteiger partial charge in [-0.15, -0.1) is 0 Å². The predicted molar refractivity (Wildman–Crippen MR) is 90.5 cm³/mol. The third kappa shape index (κ3) is 3.67. The van der Waals surface area contributed by atoms with Crippen molar-refractivity contribution < 1.29 is 0 Å². The lowest BCUT2D eigenvalue weighted by atomic mass is 9.84. The van der Waals surface area contributed by atoms with Crippen LogP contribution >= 0.6 is 39.3 Å². The Labute approximate surface area is 132 Å². The number of thioether (sulfide) groups is 1. The molecule has 1 aliphatic rings. The number of benzene rings is 1. The summed E-state index contributed by atoms with van der Waals surface area (Å²) in [5, 5.41) is 5.09. The number of amidine groups is 1. The maximum Gasteiger partial charge on any atom is 0.161 e. The van der Waals surface area contributed by atoms with E-state index in [2.05, 4.69) is 35.1 Å². The Morgan fingerprint density at radius 3 is 2.68 bits per heavy atom. The van der Waals surface area contributed by atoms with Crippen molar-refractivity contribution >= 4 is 50.1 Å². The van der Waals surface area contributed by atoms with Crippen LogP contribution in [0.5, 0.6) is 0 Å². The van der Waals surface area contributed by atoms with Gasteiger partial charge in [0.25, 0.3) is 0 Å². The van der Waals surface area contributed by atoms with Crippen LogP contribution in [0.1, 0.15) is 26.7 Å². The van der Waals surface area contributed by atoms with Crippen molar-refractivity contribution in [3.05, 3.63) is 27.7 Å². The third-order valence-corrected chi connectivity index (χ3v) is 6.22. The van der Waals surface area contributed by atoms with Crippen LogP contribution in [-0.4, -0.2) is 17.5 Å². The maximum absolute atomic E-state index is 5.99. The molecule has 1 aromatic carbocycles. The van der Waals surface area contributed by atoms with Gasteiger partial charge in [-0.2, -0.15) is 0 Å². The fourth-order valence-corrected chi connectivity index (χ4v) is 3.79. The molecule has 1 N–H and O–H groups in total. The van der Waals surface area contributed by atoms with Gasteiger partial charge < -0.3 is 5.32 Å². The van der Waals surface area contributed by atoms with Gasteiger partial charge in [0, 0.05) is 22.5 Å². The molecule has 0 saturated carbocycles. The Balaban J connectivity index is 2.05. The van der Waals surface area contributed by atoms with Gasteiger partial charge in [-0.05, 0) is 52.4 Å². The summed E-state index contributed by atoms with van der Waals surface area (Å²) in [7, 11) is 0. The van der Waals surface area contributed by atoms with E-state index in [1.54, 1.807) is 0 Å². The van der Waals surface area contributed by atoms with Crippen molar-refractivity contribution in [2.75, 3.05) is 17.6 Å². The van der Waals surface area contributed by atoms with Crippen LogP contribution in [0.3, 0.4) is 0 Å². The highest BCUT2D eigenvalue weighted by Crippen LogP contribution is 2.35. The lowest BCUT2D eigenvalue weighted by Gasteiger charge is -2.33. The minimum absolute atomic E-state index is 0.385. The van der Waals surface area contributed by atoms with E-state index in [9.17, 15) is 0 Å². The molecule has 1 aromatic rings. The summed E-state index contributed by atoms with van der Waals surface area (Å²) in [5.74, 6) is 1.14. The molecular weight excluding hydrogens is 344 g/mol. The monoisotopic (exact) mass is 360 g/mol. The van der Waals surface area contributed by atoms with E-state index in [1.807, 2.05) is 30.0 Å². The Morgan fingerprint density at radius 1 is 1.42 bits per heavy atom. The van der Waals surface area contributed by atoms with E-state index in [0.29, 0.717) is 5.41 Å². The van der Waals surface area contributed by atoms with Gasteiger partial charge >= 0.3 is 0 Å². The first kappa shape index (κ1) is 15.2. The zero-order valence-electron chi connectivity index (χ0n) is 11.2.